The van der Waals surface area contributed by atoms with E-state index in [1.807, 2.05) is 12.1 Å². The Bertz CT molecular complexity index is 875. The zero-order valence-corrected chi connectivity index (χ0v) is 17.7. The summed E-state index contributed by atoms with van der Waals surface area (Å²) < 4.78 is 16.2. The van der Waals surface area contributed by atoms with Gasteiger partial charge in [-0.3, -0.25) is 10.1 Å². The Morgan fingerprint density at radius 3 is 2.53 bits per heavy atom. The number of rotatable bonds is 7. The van der Waals surface area contributed by atoms with Crippen LogP contribution in [0.2, 0.25) is 0 Å². The Balaban J connectivity index is 1.76. The lowest BCUT2D eigenvalue weighted by atomic mass is 10.1. The van der Waals surface area contributed by atoms with Crippen molar-refractivity contribution in [3.8, 4) is 11.5 Å². The van der Waals surface area contributed by atoms with Crippen molar-refractivity contribution in [3.63, 3.8) is 0 Å². The van der Waals surface area contributed by atoms with E-state index in [-0.39, 0.29) is 12.0 Å². The topological polar surface area (TPSA) is 81.2 Å². The monoisotopic (exact) mass is 411 g/mol. The minimum atomic E-state index is -0.292. The first-order valence-corrected chi connectivity index (χ1v) is 10.2. The molecule has 1 aliphatic rings. The molecule has 0 radical (unpaired) electrons. The first kappa shape index (κ1) is 21.6. The van der Waals surface area contributed by atoms with E-state index in [4.69, 9.17) is 14.2 Å². The van der Waals surface area contributed by atoms with Crippen molar-refractivity contribution in [2.24, 2.45) is 4.99 Å². The molecule has 0 aliphatic carbocycles. The van der Waals surface area contributed by atoms with E-state index in [0.717, 1.165) is 31.6 Å². The number of benzene rings is 2. The maximum atomic E-state index is 12.9. The molecule has 1 amide bonds. The quantitative estimate of drug-likeness (QED) is 0.537. The molecule has 1 heterocycles. The van der Waals surface area contributed by atoms with Crippen LogP contribution in [0.15, 0.2) is 47.5 Å². The number of carbonyl (C=O) groups excluding carboxylic acids is 1. The van der Waals surface area contributed by atoms with Gasteiger partial charge in [-0.15, -0.1) is 0 Å². The van der Waals surface area contributed by atoms with Gasteiger partial charge in [0.1, 0.15) is 0 Å². The van der Waals surface area contributed by atoms with Crippen molar-refractivity contribution >= 4 is 17.6 Å². The van der Waals surface area contributed by atoms with Crippen LogP contribution in [-0.2, 0) is 11.2 Å². The summed E-state index contributed by atoms with van der Waals surface area (Å²) in [5.74, 6) is 1.15. The molecule has 1 aliphatic heterocycles. The third kappa shape index (κ3) is 5.73. The molecule has 0 unspecified atom stereocenters. The normalized spacial score (nSPS) is 16.2. The predicted molar refractivity (Wildman–Crippen MR) is 118 cm³/mol. The van der Waals surface area contributed by atoms with Crippen molar-refractivity contribution in [2.45, 2.75) is 32.3 Å². The molecule has 160 valence electrons. The number of aliphatic imine (C=N–C) groups is 1. The molecule has 1 atom stereocenters. The lowest BCUT2D eigenvalue weighted by molar-refractivity contribution is 0.0975. The van der Waals surface area contributed by atoms with Crippen LogP contribution >= 0.6 is 0 Å². The average molecular weight is 412 g/mol. The van der Waals surface area contributed by atoms with Crippen molar-refractivity contribution in [2.75, 3.05) is 32.7 Å². The van der Waals surface area contributed by atoms with Gasteiger partial charge in [0.15, 0.2) is 11.5 Å². The van der Waals surface area contributed by atoms with E-state index in [2.05, 4.69) is 34.7 Å². The summed E-state index contributed by atoms with van der Waals surface area (Å²) in [6.45, 7) is 3.36. The van der Waals surface area contributed by atoms with E-state index in [9.17, 15) is 4.79 Å². The Labute approximate surface area is 177 Å². The molecule has 7 nitrogen and oxygen atoms in total. The molecule has 0 bridgehead atoms. The number of carbonyl (C=O) groups is 1. The minimum Gasteiger partial charge on any atom is -0.493 e. The van der Waals surface area contributed by atoms with Gasteiger partial charge in [-0.25, -0.2) is 4.99 Å². The third-order valence-electron chi connectivity index (χ3n) is 4.98. The number of anilines is 1. The van der Waals surface area contributed by atoms with Gasteiger partial charge >= 0.3 is 0 Å². The SMILES string of the molecule is CCc1ccc(NC(=NC[C@H]2CCCO2)NC(=O)c2ccc(OC)c(OC)c2)cc1. The number of hydrogen-bond donors (Lipinski definition) is 2. The van der Waals surface area contributed by atoms with Gasteiger partial charge in [0.2, 0.25) is 5.96 Å². The van der Waals surface area contributed by atoms with Crippen LogP contribution in [0.4, 0.5) is 5.69 Å². The summed E-state index contributed by atoms with van der Waals surface area (Å²) in [5.41, 5.74) is 2.54. The molecule has 2 aromatic rings. The van der Waals surface area contributed by atoms with Crippen LogP contribution < -0.4 is 20.1 Å². The van der Waals surface area contributed by atoms with Gasteiger partial charge < -0.3 is 19.5 Å². The molecular weight excluding hydrogens is 382 g/mol. The summed E-state index contributed by atoms with van der Waals surface area (Å²) in [7, 11) is 3.09. The lowest BCUT2D eigenvalue weighted by Gasteiger charge is -2.14. The van der Waals surface area contributed by atoms with Crippen molar-refractivity contribution in [3.05, 3.63) is 53.6 Å². The molecule has 1 saturated heterocycles. The predicted octanol–water partition coefficient (Wildman–Crippen LogP) is 3.64. The molecule has 3 rings (SSSR count). The van der Waals surface area contributed by atoms with E-state index < -0.39 is 0 Å². The lowest BCUT2D eigenvalue weighted by Crippen LogP contribution is -2.36. The first-order valence-electron chi connectivity index (χ1n) is 10.2. The maximum absolute atomic E-state index is 12.9. The molecule has 0 saturated carbocycles. The van der Waals surface area contributed by atoms with Gasteiger partial charge in [0.25, 0.3) is 5.91 Å². The van der Waals surface area contributed by atoms with Gasteiger partial charge in [-0.2, -0.15) is 0 Å². The van der Waals surface area contributed by atoms with Crippen molar-refractivity contribution in [1.82, 2.24) is 5.32 Å². The zero-order chi connectivity index (χ0) is 21.3. The molecular formula is C23H29N3O4. The summed E-state index contributed by atoms with van der Waals surface area (Å²) in [6, 6.07) is 13.1. The van der Waals surface area contributed by atoms with Crippen molar-refractivity contribution in [1.29, 1.82) is 0 Å². The fourth-order valence-corrected chi connectivity index (χ4v) is 3.21. The Morgan fingerprint density at radius 2 is 1.90 bits per heavy atom. The molecule has 2 N–H and O–H groups in total. The summed E-state index contributed by atoms with van der Waals surface area (Å²) >= 11 is 0. The Morgan fingerprint density at radius 1 is 1.13 bits per heavy atom. The largest absolute Gasteiger partial charge is 0.493 e. The zero-order valence-electron chi connectivity index (χ0n) is 17.7. The summed E-state index contributed by atoms with van der Waals surface area (Å²) in [4.78, 5) is 17.4. The van der Waals surface area contributed by atoms with E-state index in [0.29, 0.717) is 29.6 Å². The molecule has 0 spiro atoms. The second kappa shape index (κ2) is 10.6. The van der Waals surface area contributed by atoms with Gasteiger partial charge in [0, 0.05) is 17.9 Å². The van der Waals surface area contributed by atoms with Gasteiger partial charge in [-0.1, -0.05) is 19.1 Å². The average Bonchev–Trinajstić information content (AvgIpc) is 3.31. The highest BCUT2D eigenvalue weighted by molar-refractivity contribution is 6.10. The van der Waals surface area contributed by atoms with Crippen LogP contribution in [-0.4, -0.2) is 45.3 Å². The number of methoxy groups -OCH3 is 2. The summed E-state index contributed by atoms with van der Waals surface area (Å²) in [6.07, 6.45) is 3.07. The molecule has 30 heavy (non-hydrogen) atoms. The second-order valence-electron chi connectivity index (χ2n) is 7.02. The van der Waals surface area contributed by atoms with Crippen LogP contribution in [0, 0.1) is 0 Å². The number of amides is 1. The van der Waals surface area contributed by atoms with E-state index in [1.165, 1.54) is 12.7 Å². The number of hydrogen-bond acceptors (Lipinski definition) is 5. The van der Waals surface area contributed by atoms with Crippen LogP contribution in [0.25, 0.3) is 0 Å². The number of nitrogens with zero attached hydrogens (tertiary/aromatic N) is 1. The number of ether oxygens (including phenoxy) is 3. The fraction of sp³-hybridized carbons (Fsp3) is 0.391. The summed E-state index contributed by atoms with van der Waals surface area (Å²) in [5, 5.41) is 6.08. The highest BCUT2D eigenvalue weighted by Gasteiger charge is 2.17. The number of nitrogens with one attached hydrogen (secondary N) is 2. The Kier molecular flexibility index (Phi) is 7.68. The van der Waals surface area contributed by atoms with Crippen LogP contribution in [0.1, 0.15) is 35.7 Å². The molecule has 1 fully saturated rings. The van der Waals surface area contributed by atoms with Crippen LogP contribution in [0.3, 0.4) is 0 Å². The van der Waals surface area contributed by atoms with Crippen molar-refractivity contribution < 1.29 is 19.0 Å². The standard InChI is InChI=1S/C23H29N3O4/c1-4-16-7-10-18(11-8-16)25-23(24-15-19-6-5-13-30-19)26-22(27)17-9-12-20(28-2)21(14-17)29-3/h7-12,14,19H,4-6,13,15H2,1-3H3,(H2,24,25,26,27)/t19-/m1/s1. The second-order valence-corrected chi connectivity index (χ2v) is 7.02. The highest BCUT2D eigenvalue weighted by Crippen LogP contribution is 2.27. The van der Waals surface area contributed by atoms with Gasteiger partial charge in [0.05, 0.1) is 26.9 Å². The van der Waals surface area contributed by atoms with E-state index in [1.54, 1.807) is 25.3 Å². The van der Waals surface area contributed by atoms with E-state index >= 15 is 0 Å². The number of aryl methyl sites for hydroxylation is 1. The van der Waals surface area contributed by atoms with Gasteiger partial charge in [-0.05, 0) is 55.2 Å². The Hall–Kier alpha value is -3.06. The minimum absolute atomic E-state index is 0.0854. The molecule has 7 heteroatoms. The fourth-order valence-electron chi connectivity index (χ4n) is 3.21. The first-order chi connectivity index (χ1) is 14.6. The molecule has 0 aromatic heterocycles. The highest BCUT2D eigenvalue weighted by atomic mass is 16.5. The van der Waals surface area contributed by atoms with Crippen LogP contribution in [0.5, 0.6) is 11.5 Å². The smallest absolute Gasteiger partial charge is 0.258 e. The third-order valence-corrected chi connectivity index (χ3v) is 4.98. The molecule has 2 aromatic carbocycles. The maximum Gasteiger partial charge on any atom is 0.258 e. The number of guanidine groups is 1.